The van der Waals surface area contributed by atoms with Crippen molar-refractivity contribution < 1.29 is 9.21 Å². The molecule has 88 valence electrons. The van der Waals surface area contributed by atoms with Gasteiger partial charge in [-0.25, -0.2) is 4.98 Å². The molecule has 1 heterocycles. The maximum Gasteiger partial charge on any atom is 0.293 e. The number of aryl methyl sites for hydroxylation is 2. The molecule has 0 saturated heterocycles. The number of nitrogens with two attached hydrogens (primary N) is 1. The Morgan fingerprint density at radius 1 is 1.41 bits per heavy atom. The number of carbonyl (C=O) groups excluding carboxylic acids is 1. The van der Waals surface area contributed by atoms with E-state index in [1.807, 2.05) is 13.0 Å². The number of benzene rings is 1. The van der Waals surface area contributed by atoms with Crippen molar-refractivity contribution in [3.8, 4) is 0 Å². The van der Waals surface area contributed by atoms with Crippen LogP contribution in [0, 0.1) is 13.8 Å². The Hall–Kier alpha value is -2.30. The molecule has 0 aliphatic carbocycles. The van der Waals surface area contributed by atoms with E-state index in [1.165, 1.54) is 6.39 Å². The lowest BCUT2D eigenvalue weighted by Crippen LogP contribution is -2.13. The molecule has 3 N–H and O–H groups in total. The lowest BCUT2D eigenvalue weighted by molar-refractivity contribution is 0.0996. The Kier molecular flexibility index (Phi) is 2.82. The summed E-state index contributed by atoms with van der Waals surface area (Å²) in [7, 11) is 0. The molecule has 0 aliphatic rings. The van der Waals surface area contributed by atoms with E-state index in [0.29, 0.717) is 17.1 Å². The molecule has 2 rings (SSSR count). The van der Waals surface area contributed by atoms with Gasteiger partial charge >= 0.3 is 0 Å². The first kappa shape index (κ1) is 11.2. The van der Waals surface area contributed by atoms with Gasteiger partial charge in [0.05, 0.1) is 5.69 Å². The molecule has 0 spiro atoms. The number of nitrogens with zero attached hydrogens (tertiary/aromatic N) is 1. The fourth-order valence-electron chi connectivity index (χ4n) is 1.47. The monoisotopic (exact) mass is 231 g/mol. The topological polar surface area (TPSA) is 81.1 Å². The number of aromatic nitrogens is 1. The zero-order chi connectivity index (χ0) is 12.4. The third-order valence-corrected chi connectivity index (χ3v) is 2.46. The zero-order valence-electron chi connectivity index (χ0n) is 9.65. The van der Waals surface area contributed by atoms with E-state index < -0.39 is 0 Å². The number of hydrogen-bond donors (Lipinski definition) is 2. The van der Waals surface area contributed by atoms with E-state index in [9.17, 15) is 4.79 Å². The normalized spacial score (nSPS) is 10.2. The molecule has 0 atom stereocenters. The van der Waals surface area contributed by atoms with Crippen molar-refractivity contribution in [3.63, 3.8) is 0 Å². The number of anilines is 2. The lowest BCUT2D eigenvalue weighted by Gasteiger charge is -2.07. The largest absolute Gasteiger partial charge is 0.438 e. The zero-order valence-corrected chi connectivity index (χ0v) is 9.65. The Morgan fingerprint density at radius 3 is 2.82 bits per heavy atom. The van der Waals surface area contributed by atoms with Crippen LogP contribution in [0.5, 0.6) is 0 Å². The number of hydrogen-bond acceptors (Lipinski definition) is 4. The van der Waals surface area contributed by atoms with E-state index in [2.05, 4.69) is 10.3 Å². The molecule has 0 bridgehead atoms. The van der Waals surface area contributed by atoms with Crippen LogP contribution in [0.1, 0.15) is 21.8 Å². The van der Waals surface area contributed by atoms with Crippen LogP contribution in [0.15, 0.2) is 29.0 Å². The fraction of sp³-hybridized carbons (Fsp3) is 0.167. The molecule has 0 radical (unpaired) electrons. The molecule has 0 unspecified atom stereocenters. The highest BCUT2D eigenvalue weighted by Crippen LogP contribution is 2.19. The van der Waals surface area contributed by atoms with Crippen molar-refractivity contribution in [2.75, 3.05) is 11.1 Å². The number of rotatable bonds is 2. The van der Waals surface area contributed by atoms with Crippen LogP contribution in [-0.4, -0.2) is 10.9 Å². The Labute approximate surface area is 98.6 Å². The Morgan fingerprint density at radius 2 is 2.18 bits per heavy atom. The van der Waals surface area contributed by atoms with Crippen LogP contribution in [0.4, 0.5) is 11.4 Å². The van der Waals surface area contributed by atoms with Gasteiger partial charge in [0.2, 0.25) is 5.76 Å². The van der Waals surface area contributed by atoms with Gasteiger partial charge < -0.3 is 15.5 Å². The van der Waals surface area contributed by atoms with E-state index in [1.54, 1.807) is 19.1 Å². The van der Waals surface area contributed by atoms with Gasteiger partial charge in [-0.2, -0.15) is 0 Å². The van der Waals surface area contributed by atoms with Gasteiger partial charge in [0.15, 0.2) is 6.39 Å². The van der Waals surface area contributed by atoms with E-state index in [0.717, 1.165) is 5.56 Å². The molecule has 1 aromatic heterocycles. The van der Waals surface area contributed by atoms with Gasteiger partial charge in [-0.1, -0.05) is 6.07 Å². The molecule has 1 amide bonds. The van der Waals surface area contributed by atoms with Crippen LogP contribution in [0.25, 0.3) is 0 Å². The van der Waals surface area contributed by atoms with Crippen LogP contribution in [-0.2, 0) is 0 Å². The standard InChI is InChI=1S/C12H13N3O2/c1-7-3-4-9(13)5-10(7)15-12(16)11-8(2)14-6-17-11/h3-6H,13H2,1-2H3,(H,15,16). The van der Waals surface area contributed by atoms with Gasteiger partial charge in [0, 0.05) is 11.4 Å². The van der Waals surface area contributed by atoms with E-state index in [4.69, 9.17) is 10.2 Å². The molecule has 2 aromatic rings. The minimum Gasteiger partial charge on any atom is -0.438 e. The first-order valence-corrected chi connectivity index (χ1v) is 5.15. The van der Waals surface area contributed by atoms with Crippen molar-refractivity contribution in [2.24, 2.45) is 0 Å². The second kappa shape index (κ2) is 4.29. The number of nitrogens with one attached hydrogen (secondary N) is 1. The first-order chi connectivity index (χ1) is 8.08. The predicted octanol–water partition coefficient (Wildman–Crippen LogP) is 2.13. The molecule has 0 saturated carbocycles. The summed E-state index contributed by atoms with van der Waals surface area (Å²) in [6.45, 7) is 3.60. The summed E-state index contributed by atoms with van der Waals surface area (Å²) in [6, 6.07) is 5.34. The maximum absolute atomic E-state index is 11.9. The van der Waals surface area contributed by atoms with Crippen molar-refractivity contribution in [3.05, 3.63) is 41.6 Å². The Balaban J connectivity index is 2.24. The maximum atomic E-state index is 11.9. The third kappa shape index (κ3) is 2.28. The summed E-state index contributed by atoms with van der Waals surface area (Å²) < 4.78 is 5.01. The fourth-order valence-corrected chi connectivity index (χ4v) is 1.47. The number of carbonyl (C=O) groups is 1. The molecule has 0 fully saturated rings. The highest BCUT2D eigenvalue weighted by atomic mass is 16.3. The molecular formula is C12H13N3O2. The molecule has 17 heavy (non-hydrogen) atoms. The minimum atomic E-state index is -0.325. The quantitative estimate of drug-likeness (QED) is 0.776. The molecule has 1 aromatic carbocycles. The predicted molar refractivity (Wildman–Crippen MR) is 64.8 cm³/mol. The van der Waals surface area contributed by atoms with Gasteiger partial charge in [-0.3, -0.25) is 4.79 Å². The lowest BCUT2D eigenvalue weighted by atomic mass is 10.2. The number of amides is 1. The summed E-state index contributed by atoms with van der Waals surface area (Å²) in [6.07, 6.45) is 1.25. The van der Waals surface area contributed by atoms with Gasteiger partial charge in [0.25, 0.3) is 5.91 Å². The third-order valence-electron chi connectivity index (χ3n) is 2.46. The Bertz CT molecular complexity index is 561. The summed E-state index contributed by atoms with van der Waals surface area (Å²) >= 11 is 0. The van der Waals surface area contributed by atoms with Gasteiger partial charge in [-0.15, -0.1) is 0 Å². The molecule has 5 nitrogen and oxygen atoms in total. The second-order valence-corrected chi connectivity index (χ2v) is 3.80. The van der Waals surface area contributed by atoms with Crippen molar-refractivity contribution in [1.82, 2.24) is 4.98 Å². The van der Waals surface area contributed by atoms with Crippen molar-refractivity contribution in [1.29, 1.82) is 0 Å². The second-order valence-electron chi connectivity index (χ2n) is 3.80. The summed E-state index contributed by atoms with van der Waals surface area (Å²) in [5.41, 5.74) is 8.43. The summed E-state index contributed by atoms with van der Waals surface area (Å²) in [5.74, 6) is -0.111. The van der Waals surface area contributed by atoms with Crippen LogP contribution in [0.2, 0.25) is 0 Å². The van der Waals surface area contributed by atoms with Crippen LogP contribution in [0.3, 0.4) is 0 Å². The van der Waals surface area contributed by atoms with Gasteiger partial charge in [-0.05, 0) is 31.5 Å². The van der Waals surface area contributed by atoms with Gasteiger partial charge in [0.1, 0.15) is 0 Å². The number of oxazole rings is 1. The van der Waals surface area contributed by atoms with E-state index in [-0.39, 0.29) is 11.7 Å². The SMILES string of the molecule is Cc1ccc(N)cc1NC(=O)c1ocnc1C. The van der Waals surface area contributed by atoms with Crippen molar-refractivity contribution in [2.45, 2.75) is 13.8 Å². The summed E-state index contributed by atoms with van der Waals surface area (Å²) in [4.78, 5) is 15.7. The van der Waals surface area contributed by atoms with E-state index >= 15 is 0 Å². The minimum absolute atomic E-state index is 0.215. The molecule has 0 aliphatic heterocycles. The van der Waals surface area contributed by atoms with Crippen LogP contribution >= 0.6 is 0 Å². The van der Waals surface area contributed by atoms with Crippen molar-refractivity contribution >= 4 is 17.3 Å². The first-order valence-electron chi connectivity index (χ1n) is 5.15. The highest BCUT2D eigenvalue weighted by Gasteiger charge is 2.14. The number of nitrogen functional groups attached to an aromatic ring is 1. The molecule has 5 heteroatoms. The van der Waals surface area contributed by atoms with Crippen LogP contribution < -0.4 is 11.1 Å². The smallest absolute Gasteiger partial charge is 0.293 e. The average Bonchev–Trinajstić information content (AvgIpc) is 2.70. The average molecular weight is 231 g/mol. The summed E-state index contributed by atoms with van der Waals surface area (Å²) in [5, 5.41) is 2.74. The highest BCUT2D eigenvalue weighted by molar-refractivity contribution is 6.03. The molecular weight excluding hydrogens is 218 g/mol.